The molecule has 0 aliphatic carbocycles. The number of hydrogen-bond acceptors (Lipinski definition) is 4. The number of hydrogen-bond donors (Lipinski definition) is 0. The van der Waals surface area contributed by atoms with Gasteiger partial charge in [-0.25, -0.2) is 4.68 Å². The molecule has 0 fully saturated rings. The summed E-state index contributed by atoms with van der Waals surface area (Å²) in [7, 11) is 0. The van der Waals surface area contributed by atoms with Crippen LogP contribution in [0.5, 0.6) is 0 Å². The van der Waals surface area contributed by atoms with Gasteiger partial charge in [-0.2, -0.15) is 0 Å². The predicted molar refractivity (Wildman–Crippen MR) is 84.2 cm³/mol. The average Bonchev–Trinajstić information content (AvgIpc) is 3.07. The first-order valence-electron chi connectivity index (χ1n) is 7.81. The normalized spacial score (nSPS) is 12.1. The lowest BCUT2D eigenvalue weighted by Gasteiger charge is -2.26. The van der Waals surface area contributed by atoms with Crippen LogP contribution in [0.15, 0.2) is 36.7 Å². The lowest BCUT2D eigenvalue weighted by atomic mass is 10.0. The molecule has 1 aromatic heterocycles. The largest absolute Gasteiger partial charge is 0.341 e. The zero-order valence-electron chi connectivity index (χ0n) is 13.2. The van der Waals surface area contributed by atoms with Gasteiger partial charge in [0.25, 0.3) is 0 Å². The molecule has 0 radical (unpaired) electrons. The molecule has 6 nitrogen and oxygen atoms in total. The Balaban J connectivity index is 2.22. The van der Waals surface area contributed by atoms with Gasteiger partial charge in [-0.05, 0) is 28.8 Å². The van der Waals surface area contributed by atoms with E-state index >= 15 is 0 Å². The summed E-state index contributed by atoms with van der Waals surface area (Å²) in [4.78, 5) is 14.8. The third-order valence-electron chi connectivity index (χ3n) is 3.54. The van der Waals surface area contributed by atoms with Gasteiger partial charge in [-0.3, -0.25) is 4.79 Å². The van der Waals surface area contributed by atoms with E-state index in [2.05, 4.69) is 29.4 Å². The second kappa shape index (κ2) is 8.26. The number of carbonyl (C=O) groups is 1. The second-order valence-corrected chi connectivity index (χ2v) is 5.32. The Bertz CT molecular complexity index is 549. The van der Waals surface area contributed by atoms with E-state index in [4.69, 9.17) is 0 Å². The fourth-order valence-corrected chi connectivity index (χ4v) is 2.53. The number of tetrazole rings is 1. The van der Waals surface area contributed by atoms with E-state index in [0.717, 1.165) is 31.5 Å². The molecule has 2 rings (SSSR count). The zero-order valence-corrected chi connectivity index (χ0v) is 13.2. The Labute approximate surface area is 131 Å². The highest BCUT2D eigenvalue weighted by molar-refractivity contribution is 5.80. The molecule has 0 saturated heterocycles. The molecule has 1 aromatic carbocycles. The average molecular weight is 301 g/mol. The molecular weight excluding hydrogens is 278 g/mol. The van der Waals surface area contributed by atoms with Gasteiger partial charge in [-0.15, -0.1) is 5.10 Å². The minimum absolute atomic E-state index is 0.0832. The molecule has 0 aliphatic heterocycles. The predicted octanol–water partition coefficient (Wildman–Crippen LogP) is 2.11. The van der Waals surface area contributed by atoms with Crippen molar-refractivity contribution < 1.29 is 4.79 Å². The number of nitrogens with zero attached hydrogens (tertiary/aromatic N) is 5. The van der Waals surface area contributed by atoms with Gasteiger partial charge in [0.2, 0.25) is 5.91 Å². The maximum Gasteiger partial charge on any atom is 0.247 e. The van der Waals surface area contributed by atoms with Gasteiger partial charge in [-0.1, -0.05) is 44.2 Å². The van der Waals surface area contributed by atoms with E-state index in [1.165, 1.54) is 6.33 Å². The summed E-state index contributed by atoms with van der Waals surface area (Å²) in [6.45, 7) is 5.69. The van der Waals surface area contributed by atoms with Crippen LogP contribution in [-0.4, -0.2) is 44.1 Å². The smallest absolute Gasteiger partial charge is 0.247 e. The standard InChI is InChI=1S/C16H23N5O/c1-3-10-20(11-4-2)16(22)15(21-13-17-18-19-21)12-14-8-6-5-7-9-14/h5-9,13,15H,3-4,10-12H2,1-2H3. The molecule has 118 valence electrons. The second-order valence-electron chi connectivity index (χ2n) is 5.32. The third kappa shape index (κ3) is 4.13. The van der Waals surface area contributed by atoms with Gasteiger partial charge in [0.15, 0.2) is 0 Å². The number of amides is 1. The van der Waals surface area contributed by atoms with Crippen molar-refractivity contribution in [3.05, 3.63) is 42.2 Å². The summed E-state index contributed by atoms with van der Waals surface area (Å²) in [5.74, 6) is 0.0832. The fourth-order valence-electron chi connectivity index (χ4n) is 2.53. The quantitative estimate of drug-likeness (QED) is 0.749. The van der Waals surface area contributed by atoms with Gasteiger partial charge in [0.05, 0.1) is 0 Å². The van der Waals surface area contributed by atoms with E-state index in [1.807, 2.05) is 35.2 Å². The van der Waals surface area contributed by atoms with Crippen molar-refractivity contribution in [1.29, 1.82) is 0 Å². The topological polar surface area (TPSA) is 63.9 Å². The monoisotopic (exact) mass is 301 g/mol. The van der Waals surface area contributed by atoms with Crippen molar-refractivity contribution in [2.75, 3.05) is 13.1 Å². The third-order valence-corrected chi connectivity index (χ3v) is 3.54. The van der Waals surface area contributed by atoms with Gasteiger partial charge in [0.1, 0.15) is 12.4 Å². The molecule has 1 unspecified atom stereocenters. The van der Waals surface area contributed by atoms with Gasteiger partial charge in [0, 0.05) is 19.5 Å². The van der Waals surface area contributed by atoms with Crippen LogP contribution in [0.25, 0.3) is 0 Å². The van der Waals surface area contributed by atoms with Crippen LogP contribution in [0, 0.1) is 0 Å². The maximum absolute atomic E-state index is 12.9. The van der Waals surface area contributed by atoms with Crippen LogP contribution in [-0.2, 0) is 11.2 Å². The minimum atomic E-state index is -0.393. The van der Waals surface area contributed by atoms with Crippen LogP contribution in [0.1, 0.15) is 38.3 Å². The van der Waals surface area contributed by atoms with E-state index < -0.39 is 6.04 Å². The summed E-state index contributed by atoms with van der Waals surface area (Å²) in [6.07, 6.45) is 4.00. The van der Waals surface area contributed by atoms with E-state index in [0.29, 0.717) is 6.42 Å². The fraction of sp³-hybridized carbons (Fsp3) is 0.500. The molecule has 0 saturated carbocycles. The SMILES string of the molecule is CCCN(CCC)C(=O)C(Cc1ccccc1)n1cnnn1. The molecule has 1 atom stereocenters. The molecule has 6 heteroatoms. The van der Waals surface area contributed by atoms with Gasteiger partial charge >= 0.3 is 0 Å². The lowest BCUT2D eigenvalue weighted by molar-refractivity contribution is -0.135. The highest BCUT2D eigenvalue weighted by Crippen LogP contribution is 2.16. The Morgan fingerprint density at radius 2 is 1.86 bits per heavy atom. The molecule has 1 amide bonds. The van der Waals surface area contributed by atoms with E-state index in [1.54, 1.807) is 4.68 Å². The molecule has 0 spiro atoms. The van der Waals surface area contributed by atoms with Crippen LogP contribution in [0.2, 0.25) is 0 Å². The molecule has 0 aliphatic rings. The molecule has 1 heterocycles. The molecule has 0 bridgehead atoms. The number of carbonyl (C=O) groups excluding carboxylic acids is 1. The number of benzene rings is 1. The first kappa shape index (κ1) is 16.1. The van der Waals surface area contributed by atoms with Crippen molar-refractivity contribution in [2.24, 2.45) is 0 Å². The first-order valence-corrected chi connectivity index (χ1v) is 7.81. The molecule has 22 heavy (non-hydrogen) atoms. The van der Waals surface area contributed by atoms with Crippen molar-refractivity contribution >= 4 is 5.91 Å². The summed E-state index contributed by atoms with van der Waals surface area (Å²) in [5, 5.41) is 11.3. The van der Waals surface area contributed by atoms with E-state index in [9.17, 15) is 4.79 Å². The summed E-state index contributed by atoms with van der Waals surface area (Å²) < 4.78 is 1.56. The van der Waals surface area contributed by atoms with E-state index in [-0.39, 0.29) is 5.91 Å². The van der Waals surface area contributed by atoms with Crippen LogP contribution >= 0.6 is 0 Å². The van der Waals surface area contributed by atoms with Crippen LogP contribution in [0.4, 0.5) is 0 Å². The Hall–Kier alpha value is -2.24. The first-order chi connectivity index (χ1) is 10.8. The van der Waals surface area contributed by atoms with Crippen molar-refractivity contribution in [1.82, 2.24) is 25.1 Å². The highest BCUT2D eigenvalue weighted by atomic mass is 16.2. The summed E-state index contributed by atoms with van der Waals surface area (Å²) >= 11 is 0. The summed E-state index contributed by atoms with van der Waals surface area (Å²) in [5.41, 5.74) is 1.10. The molecular formula is C16H23N5O. The number of rotatable bonds is 8. The van der Waals surface area contributed by atoms with Crippen molar-refractivity contribution in [2.45, 2.75) is 39.2 Å². The Morgan fingerprint density at radius 1 is 1.18 bits per heavy atom. The highest BCUT2D eigenvalue weighted by Gasteiger charge is 2.26. The number of aromatic nitrogens is 4. The maximum atomic E-state index is 12.9. The Kier molecular flexibility index (Phi) is 6.06. The van der Waals surface area contributed by atoms with Crippen LogP contribution in [0.3, 0.4) is 0 Å². The van der Waals surface area contributed by atoms with Crippen molar-refractivity contribution in [3.8, 4) is 0 Å². The Morgan fingerprint density at radius 3 is 2.41 bits per heavy atom. The van der Waals surface area contributed by atoms with Crippen LogP contribution < -0.4 is 0 Å². The lowest BCUT2D eigenvalue weighted by Crippen LogP contribution is -2.39. The zero-order chi connectivity index (χ0) is 15.8. The summed E-state index contributed by atoms with van der Waals surface area (Å²) in [6, 6.07) is 9.58. The van der Waals surface area contributed by atoms with Gasteiger partial charge < -0.3 is 4.90 Å². The molecule has 0 N–H and O–H groups in total. The minimum Gasteiger partial charge on any atom is -0.341 e. The van der Waals surface area contributed by atoms with Crippen molar-refractivity contribution in [3.63, 3.8) is 0 Å². The molecule has 2 aromatic rings.